The number of aromatic nitrogens is 1. The molecule has 1 aliphatic heterocycles. The van der Waals surface area contributed by atoms with E-state index < -0.39 is 0 Å². The van der Waals surface area contributed by atoms with Crippen LogP contribution in [-0.2, 0) is 4.74 Å². The number of anilines is 1. The summed E-state index contributed by atoms with van der Waals surface area (Å²) in [6.45, 7) is 1.47. The summed E-state index contributed by atoms with van der Waals surface area (Å²) < 4.78 is 5.35. The lowest BCUT2D eigenvalue weighted by molar-refractivity contribution is 0.193. The highest BCUT2D eigenvalue weighted by Crippen LogP contribution is 2.22. The van der Waals surface area contributed by atoms with Crippen molar-refractivity contribution in [2.24, 2.45) is 10.9 Å². The minimum atomic E-state index is 0.0198. The third-order valence-corrected chi connectivity index (χ3v) is 2.97. The van der Waals surface area contributed by atoms with Crippen LogP contribution in [0.1, 0.15) is 12.1 Å². The van der Waals surface area contributed by atoms with Gasteiger partial charge in [-0.3, -0.25) is 4.98 Å². The van der Waals surface area contributed by atoms with Crippen molar-refractivity contribution >= 4 is 11.5 Å². The number of nitrogens with two attached hydrogens (primary N) is 1. The molecule has 1 unspecified atom stereocenters. The Bertz CT molecular complexity index is 416. The molecule has 6 nitrogen and oxygen atoms in total. The summed E-state index contributed by atoms with van der Waals surface area (Å²) in [7, 11) is 1.96. The molecule has 0 radical (unpaired) electrons. The Morgan fingerprint density at radius 1 is 1.71 bits per heavy atom. The molecule has 0 saturated carbocycles. The van der Waals surface area contributed by atoms with Gasteiger partial charge in [0.15, 0.2) is 5.84 Å². The summed E-state index contributed by atoms with van der Waals surface area (Å²) in [5.74, 6) is 0.0198. The lowest BCUT2D eigenvalue weighted by Gasteiger charge is -2.26. The van der Waals surface area contributed by atoms with Gasteiger partial charge < -0.3 is 20.6 Å². The molecule has 1 aliphatic rings. The average molecular weight is 236 g/mol. The Labute approximate surface area is 99.7 Å². The van der Waals surface area contributed by atoms with Crippen LogP contribution < -0.4 is 10.6 Å². The molecule has 92 valence electrons. The third kappa shape index (κ3) is 2.31. The maximum absolute atomic E-state index is 8.74. The van der Waals surface area contributed by atoms with Crippen LogP contribution in [0.2, 0.25) is 0 Å². The molecular formula is C11H16N4O2. The van der Waals surface area contributed by atoms with Crippen LogP contribution in [0.25, 0.3) is 0 Å². The van der Waals surface area contributed by atoms with Gasteiger partial charge >= 0.3 is 0 Å². The Hall–Kier alpha value is -1.82. The molecule has 1 aromatic rings. The topological polar surface area (TPSA) is 84.0 Å². The van der Waals surface area contributed by atoms with Crippen molar-refractivity contribution in [3.63, 3.8) is 0 Å². The van der Waals surface area contributed by atoms with Gasteiger partial charge in [-0.1, -0.05) is 5.16 Å². The predicted molar refractivity (Wildman–Crippen MR) is 64.4 cm³/mol. The number of rotatable bonds is 3. The first-order valence-corrected chi connectivity index (χ1v) is 5.47. The predicted octanol–water partition coefficient (Wildman–Crippen LogP) is 0.401. The van der Waals surface area contributed by atoms with E-state index in [1.807, 2.05) is 19.2 Å². The van der Waals surface area contributed by atoms with Crippen molar-refractivity contribution in [3.8, 4) is 0 Å². The van der Waals surface area contributed by atoms with E-state index in [-0.39, 0.29) is 5.84 Å². The van der Waals surface area contributed by atoms with E-state index in [9.17, 15) is 0 Å². The minimum absolute atomic E-state index is 0.0198. The van der Waals surface area contributed by atoms with Crippen LogP contribution >= 0.6 is 0 Å². The van der Waals surface area contributed by atoms with Gasteiger partial charge in [0, 0.05) is 19.9 Å². The summed E-state index contributed by atoms with van der Waals surface area (Å²) in [4.78, 5) is 6.21. The summed E-state index contributed by atoms with van der Waals surface area (Å²) >= 11 is 0. The third-order valence-electron chi connectivity index (χ3n) is 2.97. The van der Waals surface area contributed by atoms with Gasteiger partial charge in [-0.2, -0.15) is 0 Å². The van der Waals surface area contributed by atoms with E-state index in [1.165, 1.54) is 0 Å². The highest BCUT2D eigenvalue weighted by molar-refractivity contribution is 6.00. The molecule has 0 aromatic carbocycles. The molecule has 2 rings (SSSR count). The van der Waals surface area contributed by atoms with Gasteiger partial charge in [0.25, 0.3) is 0 Å². The van der Waals surface area contributed by atoms with Crippen LogP contribution in [0.4, 0.5) is 5.69 Å². The van der Waals surface area contributed by atoms with Crippen LogP contribution in [0.15, 0.2) is 23.5 Å². The Morgan fingerprint density at radius 2 is 2.53 bits per heavy atom. The summed E-state index contributed by atoms with van der Waals surface area (Å²) in [5.41, 5.74) is 6.95. The number of oxime groups is 1. The zero-order valence-corrected chi connectivity index (χ0v) is 9.71. The smallest absolute Gasteiger partial charge is 0.190 e. The second-order valence-electron chi connectivity index (χ2n) is 3.98. The number of hydrogen-bond acceptors (Lipinski definition) is 5. The van der Waals surface area contributed by atoms with Crippen molar-refractivity contribution in [2.45, 2.75) is 12.5 Å². The molecule has 6 heteroatoms. The molecule has 0 amide bonds. The first-order valence-electron chi connectivity index (χ1n) is 5.47. The van der Waals surface area contributed by atoms with E-state index >= 15 is 0 Å². The average Bonchev–Trinajstić information content (AvgIpc) is 2.91. The Morgan fingerprint density at radius 3 is 3.18 bits per heavy atom. The van der Waals surface area contributed by atoms with Gasteiger partial charge in [0.1, 0.15) is 5.69 Å². The molecule has 0 spiro atoms. The van der Waals surface area contributed by atoms with E-state index in [0.717, 1.165) is 18.7 Å². The van der Waals surface area contributed by atoms with E-state index in [4.69, 9.17) is 15.7 Å². The molecule has 17 heavy (non-hydrogen) atoms. The molecule has 2 heterocycles. The normalized spacial score (nSPS) is 20.5. The fraction of sp³-hybridized carbons (Fsp3) is 0.455. The quantitative estimate of drug-likeness (QED) is 0.343. The lowest BCUT2D eigenvalue weighted by atomic mass is 10.2. The van der Waals surface area contributed by atoms with Crippen LogP contribution in [0.5, 0.6) is 0 Å². The highest BCUT2D eigenvalue weighted by Gasteiger charge is 2.23. The Balaban J connectivity index is 2.30. The van der Waals surface area contributed by atoms with E-state index in [0.29, 0.717) is 18.3 Å². The molecule has 3 N–H and O–H groups in total. The number of nitrogens with zero attached hydrogens (tertiary/aromatic N) is 3. The molecule has 1 fully saturated rings. The zero-order valence-electron chi connectivity index (χ0n) is 9.71. The van der Waals surface area contributed by atoms with Crippen molar-refractivity contribution in [3.05, 3.63) is 24.0 Å². The van der Waals surface area contributed by atoms with Crippen LogP contribution in [0, 0.1) is 0 Å². The summed E-state index contributed by atoms with van der Waals surface area (Å²) in [5, 5.41) is 11.7. The second-order valence-corrected chi connectivity index (χ2v) is 3.98. The van der Waals surface area contributed by atoms with Crippen LogP contribution in [0.3, 0.4) is 0 Å². The molecular weight excluding hydrogens is 220 g/mol. The fourth-order valence-corrected chi connectivity index (χ4v) is 1.95. The Kier molecular flexibility index (Phi) is 3.43. The molecule has 0 bridgehead atoms. The van der Waals surface area contributed by atoms with Crippen molar-refractivity contribution in [1.29, 1.82) is 0 Å². The van der Waals surface area contributed by atoms with Crippen molar-refractivity contribution in [1.82, 2.24) is 4.98 Å². The molecule has 1 aromatic heterocycles. The fourth-order valence-electron chi connectivity index (χ4n) is 1.95. The number of hydrogen-bond donors (Lipinski definition) is 2. The lowest BCUT2D eigenvalue weighted by Crippen LogP contribution is -2.34. The second kappa shape index (κ2) is 5.01. The summed E-state index contributed by atoms with van der Waals surface area (Å²) in [6, 6.07) is 4.04. The highest BCUT2D eigenvalue weighted by atomic mass is 16.5. The zero-order chi connectivity index (χ0) is 12.3. The van der Waals surface area contributed by atoms with E-state index in [2.05, 4.69) is 15.0 Å². The maximum atomic E-state index is 8.74. The molecule has 0 aliphatic carbocycles. The van der Waals surface area contributed by atoms with E-state index in [1.54, 1.807) is 6.20 Å². The van der Waals surface area contributed by atoms with Crippen molar-refractivity contribution in [2.75, 3.05) is 25.2 Å². The maximum Gasteiger partial charge on any atom is 0.190 e. The number of amidine groups is 1. The standard InChI is InChI=1S/C11H16N4O2/c1-15(8-4-6-17-7-8)9-3-2-5-13-10(9)11(12)14-16/h2-3,5,8,16H,4,6-7H2,1H3,(H2,12,14). The van der Waals surface area contributed by atoms with Gasteiger partial charge in [0.05, 0.1) is 18.3 Å². The van der Waals surface area contributed by atoms with Crippen molar-refractivity contribution < 1.29 is 9.94 Å². The molecule has 1 saturated heterocycles. The SMILES string of the molecule is CN(c1cccnc1/C(N)=N/O)C1CCOC1. The number of ether oxygens (including phenoxy) is 1. The van der Waals surface area contributed by atoms with Gasteiger partial charge in [-0.25, -0.2) is 0 Å². The largest absolute Gasteiger partial charge is 0.409 e. The van der Waals surface area contributed by atoms with Gasteiger partial charge in [-0.15, -0.1) is 0 Å². The number of likely N-dealkylation sites (N-methyl/N-ethyl adjacent to an activating group) is 1. The first kappa shape index (κ1) is 11.7. The summed E-state index contributed by atoms with van der Waals surface area (Å²) in [6.07, 6.45) is 2.59. The number of pyridine rings is 1. The van der Waals surface area contributed by atoms with Gasteiger partial charge in [0.2, 0.25) is 0 Å². The van der Waals surface area contributed by atoms with Gasteiger partial charge in [-0.05, 0) is 18.6 Å². The first-order chi connectivity index (χ1) is 8.24. The molecule has 1 atom stereocenters. The monoisotopic (exact) mass is 236 g/mol. The van der Waals surface area contributed by atoms with Crippen LogP contribution in [-0.4, -0.2) is 42.3 Å². The minimum Gasteiger partial charge on any atom is -0.409 e.